The van der Waals surface area contributed by atoms with Gasteiger partial charge in [-0.3, -0.25) is 0 Å². The fourth-order valence-electron chi connectivity index (χ4n) is 1.98. The molecular formula is C23H28. The monoisotopic (exact) mass is 304 g/mol. The van der Waals surface area contributed by atoms with Crippen molar-refractivity contribution in [2.24, 2.45) is 0 Å². The predicted molar refractivity (Wildman–Crippen MR) is 103 cm³/mol. The normalized spacial score (nSPS) is 9.09. The number of aryl methyl sites for hydroxylation is 5. The number of rotatable bonds is 0. The highest BCUT2D eigenvalue weighted by Crippen LogP contribution is 2.00. The van der Waals surface area contributed by atoms with Gasteiger partial charge >= 0.3 is 0 Å². The van der Waals surface area contributed by atoms with Gasteiger partial charge in [-0.2, -0.15) is 0 Å². The van der Waals surface area contributed by atoms with E-state index in [-0.39, 0.29) is 0 Å². The molecule has 0 aliphatic rings. The number of hydrogen-bond acceptors (Lipinski definition) is 0. The molecule has 0 N–H and O–H groups in total. The molecular weight excluding hydrogens is 276 g/mol. The number of hydrogen-bond donors (Lipinski definition) is 0. The van der Waals surface area contributed by atoms with E-state index >= 15 is 0 Å². The van der Waals surface area contributed by atoms with Crippen LogP contribution in [0.2, 0.25) is 0 Å². The molecule has 0 amide bonds. The van der Waals surface area contributed by atoms with Crippen LogP contribution in [0.15, 0.2) is 78.9 Å². The molecule has 0 bridgehead atoms. The van der Waals surface area contributed by atoms with Crippen LogP contribution in [0, 0.1) is 34.6 Å². The van der Waals surface area contributed by atoms with E-state index in [1.807, 2.05) is 18.2 Å². The Morgan fingerprint density at radius 2 is 0.696 bits per heavy atom. The SMILES string of the molecule is Cc1ccc(C)cc1.Cc1cccc(C)c1.Cc1ccccc1. The Labute approximate surface area is 141 Å². The van der Waals surface area contributed by atoms with Crippen molar-refractivity contribution < 1.29 is 0 Å². The van der Waals surface area contributed by atoms with Crippen LogP contribution < -0.4 is 0 Å². The zero-order valence-electron chi connectivity index (χ0n) is 15.0. The lowest BCUT2D eigenvalue weighted by atomic mass is 10.2. The van der Waals surface area contributed by atoms with E-state index in [1.165, 1.54) is 27.8 Å². The molecule has 0 nitrogen and oxygen atoms in total. The van der Waals surface area contributed by atoms with E-state index in [0.29, 0.717) is 0 Å². The van der Waals surface area contributed by atoms with Gasteiger partial charge in [0, 0.05) is 0 Å². The Hall–Kier alpha value is -2.34. The van der Waals surface area contributed by atoms with Crippen molar-refractivity contribution >= 4 is 0 Å². The van der Waals surface area contributed by atoms with Crippen molar-refractivity contribution in [3.63, 3.8) is 0 Å². The summed E-state index contributed by atoms with van der Waals surface area (Å²) in [4.78, 5) is 0. The average molecular weight is 304 g/mol. The minimum absolute atomic E-state index is 1.32. The van der Waals surface area contributed by atoms with E-state index in [2.05, 4.69) is 95.3 Å². The molecule has 0 spiro atoms. The van der Waals surface area contributed by atoms with Crippen molar-refractivity contribution in [3.05, 3.63) is 107 Å². The van der Waals surface area contributed by atoms with Gasteiger partial charge in [-0.05, 0) is 34.6 Å². The Morgan fingerprint density at radius 1 is 0.348 bits per heavy atom. The van der Waals surface area contributed by atoms with Gasteiger partial charge in [0.25, 0.3) is 0 Å². The summed E-state index contributed by atoms with van der Waals surface area (Å²) in [6, 6.07) is 27.2. The van der Waals surface area contributed by atoms with Crippen molar-refractivity contribution in [1.29, 1.82) is 0 Å². The summed E-state index contributed by atoms with van der Waals surface area (Å²) >= 11 is 0. The number of benzene rings is 3. The molecule has 0 atom stereocenters. The Morgan fingerprint density at radius 3 is 0.957 bits per heavy atom. The summed E-state index contributed by atoms with van der Waals surface area (Å²) in [6.07, 6.45) is 0. The molecule has 0 aliphatic heterocycles. The third kappa shape index (κ3) is 9.31. The molecule has 0 saturated carbocycles. The van der Waals surface area contributed by atoms with Crippen LogP contribution in [-0.2, 0) is 0 Å². The molecule has 0 unspecified atom stereocenters. The lowest BCUT2D eigenvalue weighted by Gasteiger charge is -1.90. The molecule has 0 heteroatoms. The van der Waals surface area contributed by atoms with Crippen LogP contribution >= 0.6 is 0 Å². The molecule has 23 heavy (non-hydrogen) atoms. The van der Waals surface area contributed by atoms with Crippen molar-refractivity contribution in [1.82, 2.24) is 0 Å². The van der Waals surface area contributed by atoms with Gasteiger partial charge in [0.2, 0.25) is 0 Å². The Balaban J connectivity index is 0.000000173. The maximum Gasteiger partial charge on any atom is -0.0398 e. The van der Waals surface area contributed by atoms with E-state index in [9.17, 15) is 0 Å². The van der Waals surface area contributed by atoms with E-state index in [4.69, 9.17) is 0 Å². The summed E-state index contributed by atoms with van der Waals surface area (Å²) < 4.78 is 0. The molecule has 0 fully saturated rings. The Bertz CT molecular complexity index is 626. The summed E-state index contributed by atoms with van der Waals surface area (Å²) in [5.74, 6) is 0. The molecule has 0 aliphatic carbocycles. The minimum Gasteiger partial charge on any atom is -0.0622 e. The first-order chi connectivity index (χ1) is 11.0. The molecule has 3 rings (SSSR count). The predicted octanol–water partition coefficient (Wildman–Crippen LogP) is 6.60. The first-order valence-electron chi connectivity index (χ1n) is 8.05. The third-order valence-electron chi connectivity index (χ3n) is 3.33. The Kier molecular flexibility index (Phi) is 8.46. The van der Waals surface area contributed by atoms with Crippen LogP contribution in [0.4, 0.5) is 0 Å². The van der Waals surface area contributed by atoms with E-state index < -0.39 is 0 Å². The van der Waals surface area contributed by atoms with Crippen LogP contribution in [-0.4, -0.2) is 0 Å². The summed E-state index contributed by atoms with van der Waals surface area (Å²) in [6.45, 7) is 10.5. The van der Waals surface area contributed by atoms with Gasteiger partial charge in [-0.25, -0.2) is 0 Å². The molecule has 120 valence electrons. The summed E-state index contributed by atoms with van der Waals surface area (Å²) in [5, 5.41) is 0. The lowest BCUT2D eigenvalue weighted by molar-refractivity contribution is 1.39. The highest BCUT2D eigenvalue weighted by molar-refractivity contribution is 5.20. The van der Waals surface area contributed by atoms with Crippen molar-refractivity contribution in [2.75, 3.05) is 0 Å². The zero-order valence-corrected chi connectivity index (χ0v) is 15.0. The van der Waals surface area contributed by atoms with Gasteiger partial charge in [-0.1, -0.05) is 107 Å². The first-order valence-corrected chi connectivity index (χ1v) is 8.05. The molecule has 0 heterocycles. The topological polar surface area (TPSA) is 0 Å². The lowest BCUT2D eigenvalue weighted by Crippen LogP contribution is -1.71. The second-order valence-corrected chi connectivity index (χ2v) is 5.97. The summed E-state index contributed by atoms with van der Waals surface area (Å²) in [7, 11) is 0. The first kappa shape index (κ1) is 18.7. The molecule has 0 radical (unpaired) electrons. The smallest absolute Gasteiger partial charge is 0.0398 e. The molecule has 3 aromatic rings. The van der Waals surface area contributed by atoms with Gasteiger partial charge in [0.1, 0.15) is 0 Å². The van der Waals surface area contributed by atoms with E-state index in [1.54, 1.807) is 0 Å². The van der Waals surface area contributed by atoms with Gasteiger partial charge in [-0.15, -0.1) is 0 Å². The third-order valence-corrected chi connectivity index (χ3v) is 3.33. The van der Waals surface area contributed by atoms with Crippen LogP contribution in [0.5, 0.6) is 0 Å². The quantitative estimate of drug-likeness (QED) is 0.439. The van der Waals surface area contributed by atoms with Crippen LogP contribution in [0.1, 0.15) is 27.8 Å². The highest BCUT2D eigenvalue weighted by atomic mass is 13.9. The summed E-state index contributed by atoms with van der Waals surface area (Å²) in [5.41, 5.74) is 6.66. The zero-order chi connectivity index (χ0) is 17.1. The maximum atomic E-state index is 2.17. The molecule has 0 aromatic heterocycles. The van der Waals surface area contributed by atoms with Crippen LogP contribution in [0.25, 0.3) is 0 Å². The average Bonchev–Trinajstić information content (AvgIpc) is 2.52. The van der Waals surface area contributed by atoms with Crippen LogP contribution in [0.3, 0.4) is 0 Å². The fourth-order valence-corrected chi connectivity index (χ4v) is 1.98. The van der Waals surface area contributed by atoms with Crippen molar-refractivity contribution in [3.8, 4) is 0 Å². The standard InChI is InChI=1S/2C8H10.C7H8/c1-7-3-5-8(2)6-4-7;1-7-4-3-5-8(2)6-7;1-7-5-3-2-4-6-7/h2*3-6H,1-2H3;2-6H,1H3. The van der Waals surface area contributed by atoms with Gasteiger partial charge < -0.3 is 0 Å². The van der Waals surface area contributed by atoms with E-state index in [0.717, 1.165) is 0 Å². The molecule has 3 aromatic carbocycles. The second kappa shape index (κ2) is 10.4. The maximum absolute atomic E-state index is 2.17. The largest absolute Gasteiger partial charge is 0.0622 e. The van der Waals surface area contributed by atoms with Gasteiger partial charge in [0.05, 0.1) is 0 Å². The molecule has 0 saturated heterocycles. The highest BCUT2D eigenvalue weighted by Gasteiger charge is 1.81. The van der Waals surface area contributed by atoms with Crippen molar-refractivity contribution in [2.45, 2.75) is 34.6 Å². The van der Waals surface area contributed by atoms with Gasteiger partial charge in [0.15, 0.2) is 0 Å². The second-order valence-electron chi connectivity index (χ2n) is 5.97. The minimum atomic E-state index is 1.32. The fraction of sp³-hybridized carbons (Fsp3) is 0.217.